The van der Waals surface area contributed by atoms with Crippen LogP contribution in [0.1, 0.15) is 28.4 Å². The summed E-state index contributed by atoms with van der Waals surface area (Å²) in [6.45, 7) is 2.55. The normalized spacial score (nSPS) is 11.1. The number of nitrogens with one attached hydrogen (secondary N) is 1. The van der Waals surface area contributed by atoms with Gasteiger partial charge in [-0.15, -0.1) is 0 Å². The van der Waals surface area contributed by atoms with Gasteiger partial charge in [-0.25, -0.2) is 0 Å². The minimum absolute atomic E-state index is 0.113. The fraction of sp³-hybridized carbons (Fsp3) is 0.263. The molecule has 0 spiro atoms. The Balaban J connectivity index is 2.15. The highest BCUT2D eigenvalue weighted by Gasteiger charge is 2.41. The highest BCUT2D eigenvalue weighted by atomic mass is 19.4. The van der Waals surface area contributed by atoms with E-state index in [1.165, 1.54) is 50.2 Å². The summed E-state index contributed by atoms with van der Waals surface area (Å²) in [5.41, 5.74) is 1.13. The van der Waals surface area contributed by atoms with E-state index < -0.39 is 22.9 Å². The molecule has 154 valence electrons. The SMILES string of the molecule is CCN(Cc1cccc(NC(=O)c2ccc([N+](=O)[O-])c(C)c2)c1)C(=O)C(F)(F)F. The molecule has 1 N–H and O–H groups in total. The van der Waals surface area contributed by atoms with Gasteiger partial charge in [0.2, 0.25) is 0 Å². The number of halogens is 3. The third-order valence-electron chi connectivity index (χ3n) is 4.13. The summed E-state index contributed by atoms with van der Waals surface area (Å²) in [5.74, 6) is -2.46. The second-order valence-corrected chi connectivity index (χ2v) is 6.23. The summed E-state index contributed by atoms with van der Waals surface area (Å²) >= 11 is 0. The number of aryl methyl sites for hydroxylation is 1. The van der Waals surface area contributed by atoms with Gasteiger partial charge in [-0.3, -0.25) is 19.7 Å². The van der Waals surface area contributed by atoms with E-state index in [4.69, 9.17) is 0 Å². The zero-order chi connectivity index (χ0) is 21.8. The van der Waals surface area contributed by atoms with Gasteiger partial charge in [0.1, 0.15) is 0 Å². The summed E-state index contributed by atoms with van der Waals surface area (Å²) in [6, 6.07) is 9.99. The third kappa shape index (κ3) is 5.53. The summed E-state index contributed by atoms with van der Waals surface area (Å²) in [6.07, 6.45) is -4.96. The van der Waals surface area contributed by atoms with Crippen LogP contribution < -0.4 is 5.32 Å². The maximum Gasteiger partial charge on any atom is 0.471 e. The topological polar surface area (TPSA) is 92.6 Å². The maximum absolute atomic E-state index is 12.6. The Hall–Kier alpha value is -3.43. The van der Waals surface area contributed by atoms with Crippen molar-refractivity contribution in [3.8, 4) is 0 Å². The van der Waals surface area contributed by atoms with Crippen molar-refractivity contribution in [1.82, 2.24) is 4.90 Å². The van der Waals surface area contributed by atoms with E-state index >= 15 is 0 Å². The number of carbonyl (C=O) groups excluding carboxylic acids is 2. The average Bonchev–Trinajstić information content (AvgIpc) is 2.64. The van der Waals surface area contributed by atoms with Crippen LogP contribution in [0.5, 0.6) is 0 Å². The zero-order valence-electron chi connectivity index (χ0n) is 15.6. The molecule has 0 aliphatic rings. The molecule has 10 heteroatoms. The van der Waals surface area contributed by atoms with E-state index in [0.29, 0.717) is 21.7 Å². The van der Waals surface area contributed by atoms with Gasteiger partial charge < -0.3 is 10.2 Å². The number of carbonyl (C=O) groups is 2. The molecule has 2 amide bonds. The number of nitro groups is 1. The molecular weight excluding hydrogens is 391 g/mol. The number of amides is 2. The van der Waals surface area contributed by atoms with Gasteiger partial charge in [-0.1, -0.05) is 12.1 Å². The molecule has 2 aromatic carbocycles. The van der Waals surface area contributed by atoms with Crippen molar-refractivity contribution in [1.29, 1.82) is 0 Å². The number of anilines is 1. The molecule has 0 saturated carbocycles. The van der Waals surface area contributed by atoms with Gasteiger partial charge in [0.15, 0.2) is 0 Å². The van der Waals surface area contributed by atoms with Crippen molar-refractivity contribution >= 4 is 23.2 Å². The maximum atomic E-state index is 12.6. The molecule has 0 aliphatic carbocycles. The standard InChI is InChI=1S/C19H18F3N3O4/c1-3-24(18(27)19(20,21)22)11-13-5-4-6-15(10-13)23-17(26)14-7-8-16(25(28)29)12(2)9-14/h4-10H,3,11H2,1-2H3,(H,23,26). The minimum atomic E-state index is -4.96. The number of alkyl halides is 3. The van der Waals surface area contributed by atoms with Crippen molar-refractivity contribution in [2.24, 2.45) is 0 Å². The fourth-order valence-corrected chi connectivity index (χ4v) is 2.68. The van der Waals surface area contributed by atoms with Crippen molar-refractivity contribution in [3.05, 3.63) is 69.3 Å². The molecule has 0 aromatic heterocycles. The van der Waals surface area contributed by atoms with Gasteiger partial charge in [-0.05, 0) is 43.7 Å². The molecule has 0 fully saturated rings. The van der Waals surface area contributed by atoms with Crippen LogP contribution in [0.15, 0.2) is 42.5 Å². The smallest absolute Gasteiger partial charge is 0.331 e. The molecule has 0 atom stereocenters. The molecule has 2 rings (SSSR count). The van der Waals surface area contributed by atoms with Gasteiger partial charge in [0.05, 0.1) is 4.92 Å². The van der Waals surface area contributed by atoms with Crippen LogP contribution in [0, 0.1) is 17.0 Å². The van der Waals surface area contributed by atoms with Crippen molar-refractivity contribution in [3.63, 3.8) is 0 Å². The lowest BCUT2D eigenvalue weighted by atomic mass is 10.1. The lowest BCUT2D eigenvalue weighted by Crippen LogP contribution is -2.40. The van der Waals surface area contributed by atoms with Crippen LogP contribution in [0.2, 0.25) is 0 Å². The number of rotatable bonds is 6. The summed E-state index contributed by atoms with van der Waals surface area (Å²) < 4.78 is 37.9. The third-order valence-corrected chi connectivity index (χ3v) is 4.13. The average molecular weight is 409 g/mol. The van der Waals surface area contributed by atoms with Crippen LogP contribution >= 0.6 is 0 Å². The largest absolute Gasteiger partial charge is 0.471 e. The number of nitro benzene ring substituents is 1. The fourth-order valence-electron chi connectivity index (χ4n) is 2.68. The Labute approximate surface area is 164 Å². The highest BCUT2D eigenvalue weighted by Crippen LogP contribution is 2.22. The van der Waals surface area contributed by atoms with Crippen molar-refractivity contribution in [2.75, 3.05) is 11.9 Å². The number of nitrogens with zero attached hydrogens (tertiary/aromatic N) is 2. The highest BCUT2D eigenvalue weighted by molar-refractivity contribution is 6.04. The number of hydrogen-bond acceptors (Lipinski definition) is 4. The van der Waals surface area contributed by atoms with E-state index in [-0.39, 0.29) is 24.3 Å². The van der Waals surface area contributed by atoms with E-state index in [2.05, 4.69) is 5.32 Å². The Morgan fingerprint density at radius 3 is 2.41 bits per heavy atom. The predicted molar refractivity (Wildman–Crippen MR) is 99.4 cm³/mol. The quantitative estimate of drug-likeness (QED) is 0.575. The number of benzene rings is 2. The zero-order valence-corrected chi connectivity index (χ0v) is 15.6. The van der Waals surface area contributed by atoms with Crippen LogP contribution in [-0.2, 0) is 11.3 Å². The molecular formula is C19H18F3N3O4. The monoisotopic (exact) mass is 409 g/mol. The molecule has 7 nitrogen and oxygen atoms in total. The molecule has 2 aromatic rings. The van der Waals surface area contributed by atoms with E-state index in [1.807, 2.05) is 0 Å². The first kappa shape index (κ1) is 21.9. The van der Waals surface area contributed by atoms with Gasteiger partial charge in [0.25, 0.3) is 11.6 Å². The van der Waals surface area contributed by atoms with Crippen molar-refractivity contribution in [2.45, 2.75) is 26.6 Å². The van der Waals surface area contributed by atoms with Crippen LogP contribution in [0.25, 0.3) is 0 Å². The van der Waals surface area contributed by atoms with Crippen molar-refractivity contribution < 1.29 is 27.7 Å². The lowest BCUT2D eigenvalue weighted by molar-refractivity contribution is -0.385. The molecule has 0 bridgehead atoms. The lowest BCUT2D eigenvalue weighted by Gasteiger charge is -2.22. The molecule has 0 aliphatic heterocycles. The minimum Gasteiger partial charge on any atom is -0.331 e. The second-order valence-electron chi connectivity index (χ2n) is 6.23. The second kappa shape index (κ2) is 8.72. The van der Waals surface area contributed by atoms with Gasteiger partial charge in [-0.2, -0.15) is 13.2 Å². The Morgan fingerprint density at radius 2 is 1.86 bits per heavy atom. The first-order valence-electron chi connectivity index (χ1n) is 8.54. The van der Waals surface area contributed by atoms with E-state index in [1.54, 1.807) is 6.07 Å². The Morgan fingerprint density at radius 1 is 1.17 bits per heavy atom. The van der Waals surface area contributed by atoms with Gasteiger partial charge >= 0.3 is 12.1 Å². The summed E-state index contributed by atoms with van der Waals surface area (Å²) in [5, 5.41) is 13.5. The van der Waals surface area contributed by atoms with E-state index in [9.17, 15) is 32.9 Å². The van der Waals surface area contributed by atoms with Crippen LogP contribution in [0.3, 0.4) is 0 Å². The van der Waals surface area contributed by atoms with Crippen LogP contribution in [0.4, 0.5) is 24.5 Å². The first-order valence-corrected chi connectivity index (χ1v) is 8.54. The Bertz CT molecular complexity index is 945. The molecule has 0 unspecified atom stereocenters. The summed E-state index contributed by atoms with van der Waals surface area (Å²) in [7, 11) is 0. The van der Waals surface area contributed by atoms with Gasteiger partial charge in [0, 0.05) is 36.0 Å². The Kier molecular flexibility index (Phi) is 6.57. The molecule has 0 saturated heterocycles. The predicted octanol–water partition coefficient (Wildman–Crippen LogP) is 4.07. The summed E-state index contributed by atoms with van der Waals surface area (Å²) in [4.78, 5) is 34.8. The molecule has 0 radical (unpaired) electrons. The van der Waals surface area contributed by atoms with E-state index in [0.717, 1.165) is 0 Å². The molecule has 29 heavy (non-hydrogen) atoms. The number of hydrogen-bond donors (Lipinski definition) is 1. The first-order chi connectivity index (χ1) is 13.5. The van der Waals surface area contributed by atoms with Crippen LogP contribution in [-0.4, -0.2) is 34.4 Å². The molecule has 0 heterocycles.